The van der Waals surface area contributed by atoms with Gasteiger partial charge in [0.25, 0.3) is 5.79 Å². The first kappa shape index (κ1) is 26.6. The molecule has 0 saturated carbocycles. The standard InChI is InChI=1S/C32H24ClF2N3O4/c1-32(29-8-6-20(33)15-36-29)41-28-4-2-3-22(31(28)42-32)23-14-24(34)19(12-25(23)35)13-30-37-26-7-5-18(17-39)11-27(26)38(30)16-21-9-10-40-21/h2-8,11-12,14-15,17,21H,9-10,13,16H2,1H3. The van der Waals surface area contributed by atoms with E-state index in [9.17, 15) is 4.79 Å². The van der Waals surface area contributed by atoms with Crippen LogP contribution in [0.2, 0.25) is 5.02 Å². The molecule has 2 unspecified atom stereocenters. The second kappa shape index (κ2) is 10.2. The van der Waals surface area contributed by atoms with Crippen LogP contribution in [0, 0.1) is 11.6 Å². The van der Waals surface area contributed by atoms with Gasteiger partial charge in [0.05, 0.1) is 28.7 Å². The van der Waals surface area contributed by atoms with Crippen molar-refractivity contribution in [3.05, 3.63) is 106 Å². The zero-order chi connectivity index (χ0) is 29.0. The summed E-state index contributed by atoms with van der Waals surface area (Å²) in [4.78, 5) is 20.4. The summed E-state index contributed by atoms with van der Waals surface area (Å²) in [6.45, 7) is 2.89. The van der Waals surface area contributed by atoms with E-state index in [2.05, 4.69) is 4.98 Å². The first-order valence-corrected chi connectivity index (χ1v) is 13.9. The molecule has 7 nitrogen and oxygen atoms in total. The Kier molecular flexibility index (Phi) is 6.44. The van der Waals surface area contributed by atoms with Gasteiger partial charge < -0.3 is 18.8 Å². The topological polar surface area (TPSA) is 75.5 Å². The molecule has 0 bridgehead atoms. The smallest absolute Gasteiger partial charge is 0.292 e. The van der Waals surface area contributed by atoms with Crippen molar-refractivity contribution in [2.24, 2.45) is 0 Å². The number of hydrogen-bond donors (Lipinski definition) is 0. The number of aldehydes is 1. The summed E-state index contributed by atoms with van der Waals surface area (Å²) >= 11 is 5.98. The summed E-state index contributed by atoms with van der Waals surface area (Å²) < 4.78 is 51.2. The van der Waals surface area contributed by atoms with Crippen LogP contribution in [0.4, 0.5) is 8.78 Å². The molecule has 2 aromatic heterocycles. The fourth-order valence-electron chi connectivity index (χ4n) is 5.42. The molecular weight excluding hydrogens is 564 g/mol. The highest BCUT2D eigenvalue weighted by Crippen LogP contribution is 2.49. The van der Waals surface area contributed by atoms with Crippen LogP contribution < -0.4 is 9.47 Å². The van der Waals surface area contributed by atoms with Crippen LogP contribution in [-0.4, -0.2) is 33.5 Å². The van der Waals surface area contributed by atoms with Crippen LogP contribution in [0.3, 0.4) is 0 Å². The van der Waals surface area contributed by atoms with Crippen molar-refractivity contribution in [1.29, 1.82) is 0 Å². The number of pyridine rings is 1. The van der Waals surface area contributed by atoms with Crippen molar-refractivity contribution in [3.8, 4) is 22.6 Å². The Labute approximate surface area is 244 Å². The molecule has 0 N–H and O–H groups in total. The van der Waals surface area contributed by atoms with E-state index in [1.54, 1.807) is 55.5 Å². The molecule has 0 radical (unpaired) electrons. The lowest BCUT2D eigenvalue weighted by Crippen LogP contribution is -2.32. The summed E-state index contributed by atoms with van der Waals surface area (Å²) in [5.41, 5.74) is 2.95. The number of imidazole rings is 1. The number of benzene rings is 3. The van der Waals surface area contributed by atoms with Gasteiger partial charge >= 0.3 is 0 Å². The highest BCUT2D eigenvalue weighted by molar-refractivity contribution is 6.30. The maximum Gasteiger partial charge on any atom is 0.292 e. The van der Waals surface area contributed by atoms with Gasteiger partial charge in [0, 0.05) is 42.8 Å². The summed E-state index contributed by atoms with van der Waals surface area (Å²) in [6.07, 6.45) is 3.20. The molecule has 0 amide bonds. The second-order valence-corrected chi connectivity index (χ2v) is 11.0. The lowest BCUT2D eigenvalue weighted by molar-refractivity contribution is -0.0715. The molecule has 0 aliphatic carbocycles. The number of carbonyl (C=O) groups excluding carboxylic acids is 1. The molecule has 2 aliphatic rings. The fourth-order valence-corrected chi connectivity index (χ4v) is 5.53. The number of carbonyl (C=O) groups is 1. The zero-order valence-electron chi connectivity index (χ0n) is 22.4. The molecule has 42 heavy (non-hydrogen) atoms. The molecule has 4 heterocycles. The number of fused-ring (bicyclic) bond motifs is 2. The van der Waals surface area contributed by atoms with Crippen LogP contribution in [0.25, 0.3) is 22.2 Å². The molecule has 10 heteroatoms. The van der Waals surface area contributed by atoms with Gasteiger partial charge in [-0.25, -0.2) is 13.8 Å². The van der Waals surface area contributed by atoms with Crippen molar-refractivity contribution >= 4 is 28.9 Å². The Morgan fingerprint density at radius 2 is 1.93 bits per heavy atom. The maximum atomic E-state index is 15.7. The predicted molar refractivity (Wildman–Crippen MR) is 152 cm³/mol. The summed E-state index contributed by atoms with van der Waals surface area (Å²) in [6, 6.07) is 16.0. The average Bonchev–Trinajstić information content (AvgIpc) is 3.49. The van der Waals surface area contributed by atoms with E-state index in [0.29, 0.717) is 52.1 Å². The highest BCUT2D eigenvalue weighted by atomic mass is 35.5. The first-order valence-electron chi connectivity index (χ1n) is 13.5. The van der Waals surface area contributed by atoms with Crippen LogP contribution in [0.1, 0.15) is 40.8 Å². The van der Waals surface area contributed by atoms with Gasteiger partial charge in [-0.2, -0.15) is 0 Å². The van der Waals surface area contributed by atoms with Gasteiger partial charge in [0.1, 0.15) is 29.4 Å². The van der Waals surface area contributed by atoms with Gasteiger partial charge in [-0.15, -0.1) is 0 Å². The first-order chi connectivity index (χ1) is 20.3. The molecule has 1 saturated heterocycles. The number of ether oxygens (including phenoxy) is 3. The van der Waals surface area contributed by atoms with E-state index >= 15 is 8.78 Å². The molecule has 212 valence electrons. The Bertz CT molecular complexity index is 1860. The summed E-state index contributed by atoms with van der Waals surface area (Å²) in [5, 5.41) is 0.467. The fraction of sp³-hybridized carbons (Fsp3) is 0.219. The average molecular weight is 588 g/mol. The van der Waals surface area contributed by atoms with Crippen molar-refractivity contribution in [1.82, 2.24) is 14.5 Å². The number of para-hydroxylation sites is 1. The van der Waals surface area contributed by atoms with Crippen LogP contribution >= 0.6 is 11.6 Å². The van der Waals surface area contributed by atoms with E-state index in [1.807, 2.05) is 4.57 Å². The van der Waals surface area contributed by atoms with E-state index in [-0.39, 0.29) is 29.4 Å². The molecule has 2 aliphatic heterocycles. The van der Waals surface area contributed by atoms with E-state index in [0.717, 1.165) is 18.2 Å². The molecule has 5 aromatic rings. The normalized spacial score (nSPS) is 19.2. The van der Waals surface area contributed by atoms with Crippen LogP contribution in [-0.2, 0) is 23.5 Å². The Balaban J connectivity index is 1.23. The van der Waals surface area contributed by atoms with Crippen molar-refractivity contribution in [2.75, 3.05) is 6.61 Å². The van der Waals surface area contributed by atoms with Crippen LogP contribution in [0.15, 0.2) is 66.9 Å². The molecular formula is C32H24ClF2N3O4. The minimum atomic E-state index is -1.27. The third-order valence-electron chi connectivity index (χ3n) is 7.71. The Morgan fingerprint density at radius 1 is 1.07 bits per heavy atom. The van der Waals surface area contributed by atoms with Gasteiger partial charge in [0.2, 0.25) is 0 Å². The molecule has 0 spiro atoms. The number of nitrogens with zero attached hydrogens (tertiary/aromatic N) is 3. The SMILES string of the molecule is CC1(c2ccc(Cl)cn2)Oc2cccc(-c3cc(F)c(Cc4nc5ccc(C=O)cc5n4CC4CCO4)cc3F)c2O1. The van der Waals surface area contributed by atoms with E-state index < -0.39 is 17.4 Å². The van der Waals surface area contributed by atoms with Gasteiger partial charge in [0.15, 0.2) is 11.5 Å². The van der Waals surface area contributed by atoms with Crippen molar-refractivity contribution in [3.63, 3.8) is 0 Å². The number of hydrogen-bond acceptors (Lipinski definition) is 6. The van der Waals surface area contributed by atoms with Crippen LogP contribution in [0.5, 0.6) is 11.5 Å². The van der Waals surface area contributed by atoms with Gasteiger partial charge in [-0.3, -0.25) is 9.78 Å². The summed E-state index contributed by atoms with van der Waals surface area (Å²) in [7, 11) is 0. The number of aromatic nitrogens is 3. The lowest BCUT2D eigenvalue weighted by Gasteiger charge is -2.27. The largest absolute Gasteiger partial charge is 0.443 e. The molecule has 7 rings (SSSR count). The second-order valence-electron chi connectivity index (χ2n) is 10.5. The third-order valence-corrected chi connectivity index (χ3v) is 7.94. The molecule has 1 fully saturated rings. The number of rotatable bonds is 7. The predicted octanol–water partition coefficient (Wildman–Crippen LogP) is 6.87. The van der Waals surface area contributed by atoms with E-state index in [1.165, 1.54) is 18.3 Å². The quantitative estimate of drug-likeness (QED) is 0.194. The zero-order valence-corrected chi connectivity index (χ0v) is 23.2. The highest BCUT2D eigenvalue weighted by Gasteiger charge is 2.41. The van der Waals surface area contributed by atoms with Gasteiger partial charge in [-0.05, 0) is 60.5 Å². The maximum absolute atomic E-state index is 15.7. The van der Waals surface area contributed by atoms with E-state index in [4.69, 9.17) is 30.8 Å². The lowest BCUT2D eigenvalue weighted by atomic mass is 10.00. The monoisotopic (exact) mass is 587 g/mol. The Morgan fingerprint density at radius 3 is 2.67 bits per heavy atom. The minimum absolute atomic E-state index is 0.00106. The molecule has 2 atom stereocenters. The van der Waals surface area contributed by atoms with Gasteiger partial charge in [-0.1, -0.05) is 23.7 Å². The number of halogens is 3. The Hall–Kier alpha value is -4.34. The molecule has 3 aromatic carbocycles. The summed E-state index contributed by atoms with van der Waals surface area (Å²) in [5.74, 6) is -1.25. The van der Waals surface area contributed by atoms with Crippen molar-refractivity contribution in [2.45, 2.75) is 38.2 Å². The minimum Gasteiger partial charge on any atom is -0.443 e. The van der Waals surface area contributed by atoms with Crippen molar-refractivity contribution < 1.29 is 27.8 Å². The third kappa shape index (κ3) is 4.59.